The molecule has 0 spiro atoms. The number of ether oxygens (including phenoxy) is 1. The van der Waals surface area contributed by atoms with E-state index in [1.54, 1.807) is 0 Å². The summed E-state index contributed by atoms with van der Waals surface area (Å²) in [5, 5.41) is 15.0. The van der Waals surface area contributed by atoms with Gasteiger partial charge in [-0.1, -0.05) is 19.3 Å². The summed E-state index contributed by atoms with van der Waals surface area (Å²) in [6.07, 6.45) is 7.17. The number of likely N-dealkylation sites (tertiary alicyclic amines) is 1. The van der Waals surface area contributed by atoms with Gasteiger partial charge in [0, 0.05) is 35.7 Å². The number of carbonyl (C=O) groups excluding carboxylic acids is 1. The number of aliphatic hydroxyl groups excluding tert-OH is 1. The molecule has 1 amide bonds. The third-order valence-electron chi connectivity index (χ3n) is 6.72. The molecular weight excluding hydrogens is 390 g/mol. The molecular formula is C25H37N3O3. The lowest BCUT2D eigenvalue weighted by Gasteiger charge is -2.46. The maximum Gasteiger partial charge on any atom is 0.237 e. The van der Waals surface area contributed by atoms with Crippen LogP contribution >= 0.6 is 0 Å². The highest BCUT2D eigenvalue weighted by molar-refractivity contribution is 5.82. The van der Waals surface area contributed by atoms with Crippen LogP contribution in [0.1, 0.15) is 52.9 Å². The molecule has 4 rings (SSSR count). The highest BCUT2D eigenvalue weighted by Gasteiger charge is 2.41. The number of nitrogens with one attached hydrogen (secondary N) is 2. The van der Waals surface area contributed by atoms with Crippen molar-refractivity contribution in [2.45, 2.75) is 70.6 Å². The van der Waals surface area contributed by atoms with Crippen molar-refractivity contribution in [1.29, 1.82) is 0 Å². The van der Waals surface area contributed by atoms with Gasteiger partial charge in [-0.2, -0.15) is 0 Å². The van der Waals surface area contributed by atoms with E-state index in [1.165, 1.54) is 25.7 Å². The molecule has 6 nitrogen and oxygen atoms in total. The molecule has 0 radical (unpaired) electrons. The molecule has 2 heterocycles. The number of piperidine rings is 1. The van der Waals surface area contributed by atoms with E-state index in [9.17, 15) is 9.90 Å². The molecule has 31 heavy (non-hydrogen) atoms. The predicted molar refractivity (Wildman–Crippen MR) is 123 cm³/mol. The van der Waals surface area contributed by atoms with Crippen molar-refractivity contribution in [3.63, 3.8) is 0 Å². The van der Waals surface area contributed by atoms with Gasteiger partial charge in [0.15, 0.2) is 0 Å². The standard InChI is InChI=1S/C25H37N3O3/c1-25(2,3)27-24(30)23-13-17-6-4-5-7-19(17)14-28(23)15-20(29)16-31-21-8-9-22-18(12-21)10-11-26-22/h8-12,17,19-20,23,26,29H,4-7,13-16H2,1-3H3,(H,27,30)/t17-,19+,20+,23-/m0/s1. The van der Waals surface area contributed by atoms with Crippen LogP contribution in [0.15, 0.2) is 30.5 Å². The molecule has 0 bridgehead atoms. The number of H-pyrrole nitrogens is 1. The summed E-state index contributed by atoms with van der Waals surface area (Å²) >= 11 is 0. The Labute approximate surface area is 185 Å². The molecule has 1 saturated carbocycles. The Hall–Kier alpha value is -2.05. The quantitative estimate of drug-likeness (QED) is 0.657. The number of hydrogen-bond acceptors (Lipinski definition) is 4. The number of nitrogens with zero attached hydrogens (tertiary/aromatic N) is 1. The number of aliphatic hydroxyl groups is 1. The smallest absolute Gasteiger partial charge is 0.237 e. The van der Waals surface area contributed by atoms with E-state index in [1.807, 2.05) is 51.2 Å². The van der Waals surface area contributed by atoms with E-state index >= 15 is 0 Å². The Morgan fingerprint density at radius 3 is 2.81 bits per heavy atom. The number of amides is 1. The second-order valence-electron chi connectivity index (χ2n) is 10.4. The second-order valence-corrected chi connectivity index (χ2v) is 10.4. The zero-order valence-electron chi connectivity index (χ0n) is 19.1. The number of aromatic amines is 1. The minimum Gasteiger partial charge on any atom is -0.491 e. The predicted octanol–water partition coefficient (Wildman–Crippen LogP) is 3.70. The van der Waals surface area contributed by atoms with Gasteiger partial charge < -0.3 is 20.1 Å². The van der Waals surface area contributed by atoms with Gasteiger partial charge in [-0.3, -0.25) is 9.69 Å². The fraction of sp³-hybridized carbons (Fsp3) is 0.640. The van der Waals surface area contributed by atoms with Gasteiger partial charge in [0.25, 0.3) is 0 Å². The van der Waals surface area contributed by atoms with Crippen LogP contribution in [0.3, 0.4) is 0 Å². The van der Waals surface area contributed by atoms with Crippen molar-refractivity contribution in [3.8, 4) is 5.75 Å². The lowest BCUT2D eigenvalue weighted by molar-refractivity contribution is -0.132. The third-order valence-corrected chi connectivity index (χ3v) is 6.72. The van der Waals surface area contributed by atoms with Gasteiger partial charge in [-0.05, 0) is 69.7 Å². The van der Waals surface area contributed by atoms with Gasteiger partial charge in [-0.15, -0.1) is 0 Å². The molecule has 0 unspecified atom stereocenters. The van der Waals surface area contributed by atoms with Gasteiger partial charge in [0.1, 0.15) is 18.5 Å². The van der Waals surface area contributed by atoms with E-state index in [0.29, 0.717) is 18.4 Å². The van der Waals surface area contributed by atoms with E-state index in [2.05, 4.69) is 15.2 Å². The zero-order chi connectivity index (χ0) is 22.0. The summed E-state index contributed by atoms with van der Waals surface area (Å²) in [5.74, 6) is 2.10. The minimum absolute atomic E-state index is 0.0857. The molecule has 170 valence electrons. The average molecular weight is 428 g/mol. The van der Waals surface area contributed by atoms with Crippen LogP contribution in [0.4, 0.5) is 0 Å². The van der Waals surface area contributed by atoms with Crippen LogP contribution in [0.2, 0.25) is 0 Å². The molecule has 3 N–H and O–H groups in total. The van der Waals surface area contributed by atoms with Gasteiger partial charge >= 0.3 is 0 Å². The third kappa shape index (κ3) is 5.60. The summed E-state index contributed by atoms with van der Waals surface area (Å²) in [4.78, 5) is 18.5. The first-order valence-corrected chi connectivity index (χ1v) is 11.7. The molecule has 1 saturated heterocycles. The van der Waals surface area contributed by atoms with Crippen LogP contribution in [0, 0.1) is 11.8 Å². The summed E-state index contributed by atoms with van der Waals surface area (Å²) in [6.45, 7) is 7.62. The largest absolute Gasteiger partial charge is 0.491 e. The fourth-order valence-electron chi connectivity index (χ4n) is 5.26. The van der Waals surface area contributed by atoms with Crippen molar-refractivity contribution >= 4 is 16.8 Å². The Bertz CT molecular complexity index is 888. The molecule has 2 aromatic rings. The molecule has 2 fully saturated rings. The number of fused-ring (bicyclic) bond motifs is 2. The van der Waals surface area contributed by atoms with E-state index in [0.717, 1.165) is 29.6 Å². The number of carbonyl (C=O) groups is 1. The van der Waals surface area contributed by atoms with Crippen LogP contribution < -0.4 is 10.1 Å². The maximum absolute atomic E-state index is 13.1. The van der Waals surface area contributed by atoms with Crippen LogP contribution in [-0.4, -0.2) is 58.3 Å². The van der Waals surface area contributed by atoms with Crippen molar-refractivity contribution in [1.82, 2.24) is 15.2 Å². The number of rotatable bonds is 6. The first-order valence-electron chi connectivity index (χ1n) is 11.7. The Morgan fingerprint density at radius 1 is 1.26 bits per heavy atom. The Balaban J connectivity index is 1.39. The molecule has 4 atom stereocenters. The molecule has 6 heteroatoms. The fourth-order valence-corrected chi connectivity index (χ4v) is 5.26. The van der Waals surface area contributed by atoms with Crippen LogP contribution in [0.5, 0.6) is 5.75 Å². The Kier molecular flexibility index (Phi) is 6.58. The number of benzene rings is 1. The van der Waals surface area contributed by atoms with Crippen LogP contribution in [-0.2, 0) is 4.79 Å². The van der Waals surface area contributed by atoms with E-state index in [4.69, 9.17) is 4.74 Å². The van der Waals surface area contributed by atoms with Crippen LogP contribution in [0.25, 0.3) is 10.9 Å². The summed E-state index contributed by atoms with van der Waals surface area (Å²) in [7, 11) is 0. The van der Waals surface area contributed by atoms with Gasteiger partial charge in [0.05, 0.1) is 6.04 Å². The monoisotopic (exact) mass is 427 g/mol. The molecule has 1 aromatic carbocycles. The van der Waals surface area contributed by atoms with Crippen molar-refractivity contribution in [2.24, 2.45) is 11.8 Å². The highest BCUT2D eigenvalue weighted by Crippen LogP contribution is 2.38. The SMILES string of the molecule is CC(C)(C)NC(=O)[C@@H]1C[C@@H]2CCCC[C@@H]2CN1C[C@@H](O)COc1ccc2[nH]ccc2c1. The Morgan fingerprint density at radius 2 is 2.03 bits per heavy atom. The van der Waals surface area contributed by atoms with E-state index < -0.39 is 6.10 Å². The lowest BCUT2D eigenvalue weighted by Crippen LogP contribution is -2.59. The molecule has 1 aliphatic carbocycles. The van der Waals surface area contributed by atoms with Crippen molar-refractivity contribution in [2.75, 3.05) is 19.7 Å². The van der Waals surface area contributed by atoms with E-state index in [-0.39, 0.29) is 24.1 Å². The topological polar surface area (TPSA) is 77.6 Å². The van der Waals surface area contributed by atoms with Gasteiger partial charge in [0.2, 0.25) is 5.91 Å². The second kappa shape index (κ2) is 9.21. The first-order chi connectivity index (χ1) is 14.8. The van der Waals surface area contributed by atoms with Gasteiger partial charge in [-0.25, -0.2) is 0 Å². The number of β-amino-alcohol motifs (C(OH)–C–C–N with tert-alkyl or cyclic N) is 1. The van der Waals surface area contributed by atoms with Crippen molar-refractivity contribution < 1.29 is 14.6 Å². The first kappa shape index (κ1) is 22.2. The normalized spacial score (nSPS) is 25.7. The minimum atomic E-state index is -0.646. The number of aromatic nitrogens is 1. The summed E-state index contributed by atoms with van der Waals surface area (Å²) < 4.78 is 5.88. The van der Waals surface area contributed by atoms with Crippen molar-refractivity contribution in [3.05, 3.63) is 30.5 Å². The molecule has 2 aliphatic rings. The zero-order valence-corrected chi connectivity index (χ0v) is 19.1. The molecule has 1 aliphatic heterocycles. The number of hydrogen-bond donors (Lipinski definition) is 3. The lowest BCUT2D eigenvalue weighted by atomic mass is 9.72. The average Bonchev–Trinajstić information content (AvgIpc) is 3.18. The molecule has 1 aromatic heterocycles. The summed E-state index contributed by atoms with van der Waals surface area (Å²) in [5.41, 5.74) is 0.807. The summed E-state index contributed by atoms with van der Waals surface area (Å²) in [6, 6.07) is 7.71. The maximum atomic E-state index is 13.1. The highest BCUT2D eigenvalue weighted by atomic mass is 16.5.